The third-order valence-corrected chi connectivity index (χ3v) is 9.28. The molecule has 6 nitrogen and oxygen atoms in total. The summed E-state index contributed by atoms with van der Waals surface area (Å²) in [5.74, 6) is -0.859. The fraction of sp³-hybridized carbons (Fsp3) is 0.455. The van der Waals surface area contributed by atoms with Crippen LogP contribution in [-0.4, -0.2) is 40.0 Å². The van der Waals surface area contributed by atoms with E-state index in [9.17, 15) is 14.4 Å². The molecule has 0 unspecified atom stereocenters. The molecule has 2 aromatic rings. The molecule has 3 amide bonds. The van der Waals surface area contributed by atoms with Gasteiger partial charge in [-0.2, -0.15) is 0 Å². The first-order valence-electron chi connectivity index (χ1n) is 14.9. The SMILES string of the molecule is CCCCCCCCCCCCN1C(=O)C(=C2C(=O)N(CC(=O)Nc3ccc(C)c(C)c3)c3ccccc32)SC1=S. The van der Waals surface area contributed by atoms with Crippen molar-refractivity contribution in [2.45, 2.75) is 85.0 Å². The van der Waals surface area contributed by atoms with E-state index in [1.807, 2.05) is 56.3 Å². The van der Waals surface area contributed by atoms with Crippen LogP contribution in [0.2, 0.25) is 0 Å². The molecular weight excluding hydrogens is 551 g/mol. The first-order valence-corrected chi connectivity index (χ1v) is 16.1. The molecule has 1 N–H and O–H groups in total. The first-order chi connectivity index (χ1) is 19.8. The molecule has 2 aliphatic rings. The zero-order chi connectivity index (χ0) is 29.4. The second-order valence-electron chi connectivity index (χ2n) is 11.0. The second-order valence-corrected chi connectivity index (χ2v) is 12.6. The lowest BCUT2D eigenvalue weighted by molar-refractivity contribution is -0.122. The Morgan fingerprint density at radius 2 is 1.49 bits per heavy atom. The quantitative estimate of drug-likeness (QED) is 0.138. The number of benzene rings is 2. The van der Waals surface area contributed by atoms with Gasteiger partial charge < -0.3 is 5.32 Å². The molecule has 4 rings (SSSR count). The number of nitrogens with zero attached hydrogens (tertiary/aromatic N) is 2. The van der Waals surface area contributed by atoms with Gasteiger partial charge in [-0.15, -0.1) is 0 Å². The summed E-state index contributed by atoms with van der Waals surface area (Å²) in [5, 5.41) is 2.90. The van der Waals surface area contributed by atoms with Crippen molar-refractivity contribution in [3.8, 4) is 0 Å². The summed E-state index contributed by atoms with van der Waals surface area (Å²) in [6.07, 6.45) is 12.2. The van der Waals surface area contributed by atoms with Gasteiger partial charge in [0.25, 0.3) is 11.8 Å². The molecule has 218 valence electrons. The summed E-state index contributed by atoms with van der Waals surface area (Å²) in [6, 6.07) is 13.0. The van der Waals surface area contributed by atoms with E-state index in [0.29, 0.717) is 38.3 Å². The Balaban J connectivity index is 1.37. The lowest BCUT2D eigenvalue weighted by atomic mass is 10.1. The zero-order valence-corrected chi connectivity index (χ0v) is 26.1. The summed E-state index contributed by atoms with van der Waals surface area (Å²) in [7, 11) is 0. The Hall–Kier alpha value is -2.97. The molecule has 1 saturated heterocycles. The molecule has 0 spiro atoms. The molecule has 0 aromatic heterocycles. The first kappa shape index (κ1) is 31.0. The van der Waals surface area contributed by atoms with Gasteiger partial charge in [-0.05, 0) is 49.6 Å². The number of anilines is 2. The highest BCUT2D eigenvalue weighted by atomic mass is 32.2. The van der Waals surface area contributed by atoms with E-state index in [2.05, 4.69) is 12.2 Å². The number of aryl methyl sites for hydroxylation is 2. The van der Waals surface area contributed by atoms with Gasteiger partial charge >= 0.3 is 0 Å². The molecule has 1 fully saturated rings. The molecule has 41 heavy (non-hydrogen) atoms. The predicted octanol–water partition coefficient (Wildman–Crippen LogP) is 7.78. The number of rotatable bonds is 14. The number of unbranched alkanes of at least 4 members (excludes halogenated alkanes) is 9. The van der Waals surface area contributed by atoms with Crippen molar-refractivity contribution in [2.24, 2.45) is 0 Å². The molecule has 2 aromatic carbocycles. The molecule has 0 bridgehead atoms. The van der Waals surface area contributed by atoms with Crippen molar-refractivity contribution in [1.29, 1.82) is 0 Å². The second kappa shape index (κ2) is 14.8. The number of amides is 3. The Morgan fingerprint density at radius 1 is 0.829 bits per heavy atom. The summed E-state index contributed by atoms with van der Waals surface area (Å²) in [6.45, 7) is 6.66. The van der Waals surface area contributed by atoms with Crippen LogP contribution in [0.5, 0.6) is 0 Å². The number of carbonyl (C=O) groups excluding carboxylic acids is 3. The maximum atomic E-state index is 13.7. The van der Waals surface area contributed by atoms with E-state index >= 15 is 0 Å². The van der Waals surface area contributed by atoms with Crippen molar-refractivity contribution < 1.29 is 14.4 Å². The van der Waals surface area contributed by atoms with E-state index in [1.165, 1.54) is 61.6 Å². The number of para-hydroxylation sites is 1. The van der Waals surface area contributed by atoms with Gasteiger partial charge in [0.2, 0.25) is 5.91 Å². The van der Waals surface area contributed by atoms with Gasteiger partial charge in [-0.1, -0.05) is 113 Å². The summed E-state index contributed by atoms with van der Waals surface area (Å²) < 4.78 is 0.490. The fourth-order valence-electron chi connectivity index (χ4n) is 5.32. The Kier molecular flexibility index (Phi) is 11.2. The minimum atomic E-state index is -0.346. The number of hydrogen-bond donors (Lipinski definition) is 1. The predicted molar refractivity (Wildman–Crippen MR) is 174 cm³/mol. The number of thioether (sulfide) groups is 1. The maximum Gasteiger partial charge on any atom is 0.267 e. The normalized spacial score (nSPS) is 16.6. The minimum Gasteiger partial charge on any atom is -0.325 e. The van der Waals surface area contributed by atoms with E-state index in [4.69, 9.17) is 12.2 Å². The van der Waals surface area contributed by atoms with Gasteiger partial charge in [0.05, 0.1) is 16.2 Å². The van der Waals surface area contributed by atoms with Crippen molar-refractivity contribution in [3.63, 3.8) is 0 Å². The number of fused-ring (bicyclic) bond motifs is 1. The Bertz CT molecular complexity index is 1340. The summed E-state index contributed by atoms with van der Waals surface area (Å²) >= 11 is 6.77. The van der Waals surface area contributed by atoms with Gasteiger partial charge in [0.15, 0.2) is 0 Å². The van der Waals surface area contributed by atoms with E-state index in [1.54, 1.807) is 4.90 Å². The zero-order valence-electron chi connectivity index (χ0n) is 24.5. The van der Waals surface area contributed by atoms with Crippen molar-refractivity contribution >= 4 is 63.0 Å². The van der Waals surface area contributed by atoms with Crippen molar-refractivity contribution in [2.75, 3.05) is 23.3 Å². The average molecular weight is 592 g/mol. The third kappa shape index (κ3) is 7.66. The molecular formula is C33H41N3O3S2. The molecule has 2 heterocycles. The average Bonchev–Trinajstić information content (AvgIpc) is 3.38. The smallest absolute Gasteiger partial charge is 0.267 e. The highest BCUT2D eigenvalue weighted by Crippen LogP contribution is 2.44. The largest absolute Gasteiger partial charge is 0.325 e. The fourth-order valence-corrected chi connectivity index (χ4v) is 6.70. The summed E-state index contributed by atoms with van der Waals surface area (Å²) in [4.78, 5) is 43.6. The Labute approximate surface area is 253 Å². The van der Waals surface area contributed by atoms with Crippen LogP contribution < -0.4 is 10.2 Å². The van der Waals surface area contributed by atoms with Crippen LogP contribution >= 0.6 is 24.0 Å². The maximum absolute atomic E-state index is 13.7. The van der Waals surface area contributed by atoms with Crippen molar-refractivity contribution in [3.05, 3.63) is 64.1 Å². The van der Waals surface area contributed by atoms with E-state index in [0.717, 1.165) is 30.4 Å². The van der Waals surface area contributed by atoms with Crippen LogP contribution in [0, 0.1) is 13.8 Å². The molecule has 0 aliphatic carbocycles. The summed E-state index contributed by atoms with van der Waals surface area (Å²) in [5.41, 5.74) is 4.53. The molecule has 2 aliphatic heterocycles. The highest BCUT2D eigenvalue weighted by molar-refractivity contribution is 8.26. The van der Waals surface area contributed by atoms with Crippen LogP contribution in [0.4, 0.5) is 11.4 Å². The molecule has 0 atom stereocenters. The highest BCUT2D eigenvalue weighted by Gasteiger charge is 2.42. The lowest BCUT2D eigenvalue weighted by Crippen LogP contribution is -2.35. The molecule has 0 radical (unpaired) electrons. The standard InChI is InChI=1S/C33H41N3O3S2/c1-4-5-6-7-8-9-10-11-12-15-20-35-32(39)30(41-33(35)40)29-26-16-13-14-17-27(26)36(31(29)38)22-28(37)34-25-19-18-23(2)24(3)21-25/h13-14,16-19,21H,4-12,15,20,22H2,1-3H3,(H,34,37). The van der Waals surface area contributed by atoms with Crippen LogP contribution in [0.25, 0.3) is 5.57 Å². The van der Waals surface area contributed by atoms with Gasteiger partial charge in [-0.3, -0.25) is 24.2 Å². The monoisotopic (exact) mass is 591 g/mol. The van der Waals surface area contributed by atoms with Crippen LogP contribution in [0.15, 0.2) is 47.4 Å². The Morgan fingerprint density at radius 3 is 2.17 bits per heavy atom. The van der Waals surface area contributed by atoms with Crippen LogP contribution in [0.1, 0.15) is 87.8 Å². The third-order valence-electron chi connectivity index (χ3n) is 7.83. The number of hydrogen-bond acceptors (Lipinski definition) is 5. The van der Waals surface area contributed by atoms with Gasteiger partial charge in [-0.25, -0.2) is 0 Å². The van der Waals surface area contributed by atoms with Gasteiger partial charge in [0, 0.05) is 17.8 Å². The number of carbonyl (C=O) groups is 3. The van der Waals surface area contributed by atoms with E-state index < -0.39 is 0 Å². The van der Waals surface area contributed by atoms with Gasteiger partial charge in [0.1, 0.15) is 10.9 Å². The topological polar surface area (TPSA) is 69.7 Å². The van der Waals surface area contributed by atoms with E-state index in [-0.39, 0.29) is 24.3 Å². The number of nitrogens with one attached hydrogen (secondary N) is 1. The molecule has 0 saturated carbocycles. The minimum absolute atomic E-state index is 0.148. The number of thiocarbonyl (C=S) groups is 1. The van der Waals surface area contributed by atoms with Crippen LogP contribution in [0.3, 0.4) is 0 Å². The molecule has 8 heteroatoms. The lowest BCUT2D eigenvalue weighted by Gasteiger charge is -2.17. The van der Waals surface area contributed by atoms with Crippen LogP contribution in [-0.2, 0) is 14.4 Å². The van der Waals surface area contributed by atoms with Crippen molar-refractivity contribution in [1.82, 2.24) is 4.90 Å².